The van der Waals surface area contributed by atoms with Crippen molar-refractivity contribution in [1.29, 1.82) is 0 Å². The Morgan fingerprint density at radius 1 is 1.38 bits per heavy atom. The van der Waals surface area contributed by atoms with Gasteiger partial charge in [0.05, 0.1) is 0 Å². The van der Waals surface area contributed by atoms with E-state index in [2.05, 4.69) is 13.0 Å². The van der Waals surface area contributed by atoms with Crippen molar-refractivity contribution in [3.05, 3.63) is 11.6 Å². The van der Waals surface area contributed by atoms with Crippen LogP contribution in [0.1, 0.15) is 32.6 Å². The van der Waals surface area contributed by atoms with Gasteiger partial charge < -0.3 is 0 Å². The monoisotopic (exact) mass is 120 g/mol. The molecule has 0 amide bonds. The fourth-order valence-electron chi connectivity index (χ4n) is 0.999. The average molecular weight is 120 g/mol. The minimum atomic E-state index is 0. The zero-order valence-corrected chi connectivity index (χ0v) is 4.91. The van der Waals surface area contributed by atoms with Crippen molar-refractivity contribution in [3.63, 3.8) is 0 Å². The van der Waals surface area contributed by atoms with E-state index >= 15 is 0 Å². The Balaban J connectivity index is 0.000000490. The maximum absolute atomic E-state index is 2.35. The molecule has 0 spiro atoms. The zero-order valence-electron chi connectivity index (χ0n) is 4.91. The molecular weight excluding hydrogens is 107 g/mol. The second-order valence-corrected chi connectivity index (χ2v) is 2.30. The molecule has 42 valence electrons. The Kier molecular flexibility index (Phi) is 5.03. The van der Waals surface area contributed by atoms with E-state index in [1.54, 1.807) is 5.57 Å². The second kappa shape index (κ2) is 4.60. The van der Waals surface area contributed by atoms with Crippen molar-refractivity contribution in [3.8, 4) is 0 Å². The molecule has 8 heavy (non-hydrogen) atoms. The van der Waals surface area contributed by atoms with Gasteiger partial charge in [0.2, 0.25) is 0 Å². The fraction of sp³-hybridized carbons (Fsp3) is 0.714. The van der Waals surface area contributed by atoms with Crippen LogP contribution in [0.4, 0.5) is 0 Å². The van der Waals surface area contributed by atoms with Crippen LogP contribution in [-0.4, -0.2) is 29.6 Å². The van der Waals surface area contributed by atoms with E-state index in [1.165, 1.54) is 25.7 Å². The molecule has 0 N–H and O–H groups in total. The molecule has 0 atom stereocenters. The molecule has 1 rings (SSSR count). The van der Waals surface area contributed by atoms with Crippen LogP contribution in [0.3, 0.4) is 0 Å². The predicted octanol–water partition coefficient (Wildman–Crippen LogP) is 1.86. The molecule has 0 aromatic heterocycles. The third-order valence-corrected chi connectivity index (χ3v) is 1.52. The van der Waals surface area contributed by atoms with E-state index in [1.807, 2.05) is 0 Å². The van der Waals surface area contributed by atoms with E-state index in [-0.39, 0.29) is 29.6 Å². The molecule has 0 fully saturated rings. The summed E-state index contributed by atoms with van der Waals surface area (Å²) in [5, 5.41) is 0. The minimum absolute atomic E-state index is 0. The summed E-state index contributed by atoms with van der Waals surface area (Å²) in [6.07, 6.45) is 7.86. The Labute approximate surface area is 73.6 Å². The summed E-state index contributed by atoms with van der Waals surface area (Å²) in [7, 11) is 0. The first kappa shape index (κ1) is 8.74. The molecule has 0 bridgehead atoms. The Hall–Kier alpha value is 0.740. The van der Waals surface area contributed by atoms with Gasteiger partial charge in [0.25, 0.3) is 0 Å². The molecule has 0 heterocycles. The predicted molar refractivity (Wildman–Crippen MR) is 39.4 cm³/mol. The molecule has 0 saturated carbocycles. The van der Waals surface area contributed by atoms with Crippen LogP contribution in [-0.2, 0) is 0 Å². The Morgan fingerprint density at radius 2 is 2.12 bits per heavy atom. The maximum atomic E-state index is 2.35. The van der Waals surface area contributed by atoms with Crippen molar-refractivity contribution < 1.29 is 0 Å². The van der Waals surface area contributed by atoms with Crippen molar-refractivity contribution in [2.45, 2.75) is 32.6 Å². The van der Waals surface area contributed by atoms with Crippen molar-refractivity contribution in [2.24, 2.45) is 0 Å². The summed E-state index contributed by atoms with van der Waals surface area (Å²) in [5.41, 5.74) is 1.59. The fourth-order valence-corrected chi connectivity index (χ4v) is 0.999. The summed E-state index contributed by atoms with van der Waals surface area (Å²) in [5.74, 6) is 0. The Bertz CT molecular complexity index is 84.4. The van der Waals surface area contributed by atoms with Crippen LogP contribution >= 0.6 is 0 Å². The van der Waals surface area contributed by atoms with E-state index in [9.17, 15) is 0 Å². The first-order valence-corrected chi connectivity index (χ1v) is 3.05. The van der Waals surface area contributed by atoms with E-state index < -0.39 is 0 Å². The van der Waals surface area contributed by atoms with E-state index in [0.29, 0.717) is 0 Å². The summed E-state index contributed by atoms with van der Waals surface area (Å²) < 4.78 is 0. The molecule has 0 radical (unpaired) electrons. The molecule has 1 aliphatic rings. The van der Waals surface area contributed by atoms with Gasteiger partial charge in [0.15, 0.2) is 0 Å². The van der Waals surface area contributed by atoms with Gasteiger partial charge in [-0.15, -0.1) is 0 Å². The number of hydrogen-bond acceptors (Lipinski definition) is 0. The van der Waals surface area contributed by atoms with Crippen molar-refractivity contribution in [1.82, 2.24) is 0 Å². The van der Waals surface area contributed by atoms with Crippen LogP contribution in [0.5, 0.6) is 0 Å². The summed E-state index contributed by atoms with van der Waals surface area (Å²) >= 11 is 0. The summed E-state index contributed by atoms with van der Waals surface area (Å²) in [6.45, 7) is 2.22. The molecule has 0 aliphatic heterocycles. The first-order chi connectivity index (χ1) is 3.39. The number of allylic oxidation sites excluding steroid dienone is 2. The number of hydrogen-bond donors (Lipinski definition) is 0. The van der Waals surface area contributed by atoms with Crippen LogP contribution in [0.25, 0.3) is 0 Å². The molecule has 1 heteroatoms. The molecule has 0 aromatic rings. The zero-order chi connectivity index (χ0) is 5.11. The third-order valence-electron chi connectivity index (χ3n) is 1.52. The van der Waals surface area contributed by atoms with Gasteiger partial charge in [-0.25, -0.2) is 0 Å². The molecule has 1 aliphatic carbocycles. The molecule has 0 unspecified atom stereocenters. The van der Waals surface area contributed by atoms with Gasteiger partial charge in [-0.3, -0.25) is 0 Å². The SMILES string of the molecule is CC1=CCCCC1.[NaH]. The standard InChI is InChI=1S/C7H12.Na.H/c1-7-5-3-2-4-6-7;;/h5H,2-4,6H2,1H3;;. The topological polar surface area (TPSA) is 0 Å². The van der Waals surface area contributed by atoms with Gasteiger partial charge in [0, 0.05) is 0 Å². The Morgan fingerprint density at radius 3 is 2.38 bits per heavy atom. The van der Waals surface area contributed by atoms with E-state index in [0.717, 1.165) is 0 Å². The molecule has 0 nitrogen and oxygen atoms in total. The van der Waals surface area contributed by atoms with Gasteiger partial charge in [-0.2, -0.15) is 0 Å². The van der Waals surface area contributed by atoms with Gasteiger partial charge in [0.1, 0.15) is 0 Å². The quantitative estimate of drug-likeness (QED) is 0.338. The van der Waals surface area contributed by atoms with E-state index in [4.69, 9.17) is 0 Å². The molecule has 0 saturated heterocycles. The average Bonchev–Trinajstić information content (AvgIpc) is 1.69. The van der Waals surface area contributed by atoms with Gasteiger partial charge in [-0.05, 0) is 32.6 Å². The van der Waals surface area contributed by atoms with Gasteiger partial charge in [-0.1, -0.05) is 11.6 Å². The third kappa shape index (κ3) is 2.91. The second-order valence-electron chi connectivity index (χ2n) is 2.30. The molecular formula is C7H13Na. The first-order valence-electron chi connectivity index (χ1n) is 3.05. The molecule has 0 aromatic carbocycles. The summed E-state index contributed by atoms with van der Waals surface area (Å²) in [4.78, 5) is 0. The van der Waals surface area contributed by atoms with Crippen LogP contribution < -0.4 is 0 Å². The number of rotatable bonds is 0. The van der Waals surface area contributed by atoms with Crippen LogP contribution in [0.15, 0.2) is 11.6 Å². The van der Waals surface area contributed by atoms with Crippen LogP contribution in [0.2, 0.25) is 0 Å². The normalized spacial score (nSPS) is 18.9. The van der Waals surface area contributed by atoms with Gasteiger partial charge >= 0.3 is 29.6 Å². The van der Waals surface area contributed by atoms with Crippen molar-refractivity contribution in [2.75, 3.05) is 0 Å². The summed E-state index contributed by atoms with van der Waals surface area (Å²) in [6, 6.07) is 0. The van der Waals surface area contributed by atoms with Crippen molar-refractivity contribution >= 4 is 29.6 Å². The van der Waals surface area contributed by atoms with Crippen LogP contribution in [0, 0.1) is 0 Å².